The normalized spacial score (nSPS) is 15.6. The fourth-order valence-corrected chi connectivity index (χ4v) is 4.72. The van der Waals surface area contributed by atoms with Gasteiger partial charge in [-0.15, -0.1) is 0 Å². The van der Waals surface area contributed by atoms with E-state index in [9.17, 15) is 22.8 Å². The average molecular weight is 581 g/mol. The Kier molecular flexibility index (Phi) is 10.7. The molecule has 1 aromatic heterocycles. The summed E-state index contributed by atoms with van der Waals surface area (Å²) in [6, 6.07) is 15.8. The van der Waals surface area contributed by atoms with Crippen molar-refractivity contribution in [2.45, 2.75) is 64.3 Å². The smallest absolute Gasteiger partial charge is 0.475 e. The molecule has 2 aromatic carbocycles. The first-order valence-corrected chi connectivity index (χ1v) is 13.3. The van der Waals surface area contributed by atoms with E-state index in [0.29, 0.717) is 36.3 Å². The Balaban J connectivity index is 0.000000559. The number of carboxylic acids is 1. The number of carbonyl (C=O) groups is 2. The lowest BCUT2D eigenvalue weighted by atomic mass is 10.0. The van der Waals surface area contributed by atoms with Crippen molar-refractivity contribution < 1.29 is 27.9 Å². The van der Waals surface area contributed by atoms with Gasteiger partial charge in [0.15, 0.2) is 0 Å². The number of alkyl halides is 3. The molecule has 1 amide bonds. The van der Waals surface area contributed by atoms with Gasteiger partial charge in [-0.05, 0) is 57.0 Å². The molecule has 0 bridgehead atoms. The molecule has 1 aliphatic rings. The van der Waals surface area contributed by atoms with Crippen LogP contribution in [0.25, 0.3) is 10.8 Å². The first-order chi connectivity index (χ1) is 18.8. The van der Waals surface area contributed by atoms with Crippen LogP contribution in [0, 0.1) is 0 Å². The molecule has 12 heteroatoms. The van der Waals surface area contributed by atoms with Crippen molar-refractivity contribution in [2.24, 2.45) is 0 Å². The highest BCUT2D eigenvalue weighted by Gasteiger charge is 2.38. The van der Waals surface area contributed by atoms with E-state index in [2.05, 4.69) is 10.2 Å². The van der Waals surface area contributed by atoms with Crippen molar-refractivity contribution in [3.05, 3.63) is 75.2 Å². The molecule has 1 aliphatic heterocycles. The fourth-order valence-electron chi connectivity index (χ4n) is 4.59. The van der Waals surface area contributed by atoms with Gasteiger partial charge in [0.25, 0.3) is 5.56 Å². The van der Waals surface area contributed by atoms with Crippen LogP contribution in [0.15, 0.2) is 53.3 Å². The van der Waals surface area contributed by atoms with Gasteiger partial charge < -0.3 is 10.4 Å². The minimum absolute atomic E-state index is 0.0603. The lowest BCUT2D eigenvalue weighted by Crippen LogP contribution is -2.40. The van der Waals surface area contributed by atoms with Crippen molar-refractivity contribution in [3.8, 4) is 0 Å². The Hall–Kier alpha value is -3.44. The summed E-state index contributed by atoms with van der Waals surface area (Å²) in [5.41, 5.74) is 1.92. The van der Waals surface area contributed by atoms with Gasteiger partial charge in [0.1, 0.15) is 0 Å². The van der Waals surface area contributed by atoms with E-state index < -0.39 is 12.1 Å². The quantitative estimate of drug-likeness (QED) is 0.402. The van der Waals surface area contributed by atoms with Crippen LogP contribution in [0.1, 0.15) is 44.4 Å². The minimum Gasteiger partial charge on any atom is -0.475 e. The van der Waals surface area contributed by atoms with E-state index >= 15 is 0 Å². The number of rotatable bonds is 8. The van der Waals surface area contributed by atoms with Gasteiger partial charge in [0.2, 0.25) is 5.91 Å². The van der Waals surface area contributed by atoms with Gasteiger partial charge in [-0.2, -0.15) is 18.3 Å². The second-order valence-corrected chi connectivity index (χ2v) is 10.3. The molecule has 2 N–H and O–H groups in total. The number of amides is 1. The number of carboxylic acid groups (broad SMARTS) is 1. The molecular weight excluding hydrogens is 549 g/mol. The molecule has 1 saturated heterocycles. The molecule has 1 atom stereocenters. The maximum absolute atomic E-state index is 13.3. The van der Waals surface area contributed by atoms with E-state index in [-0.39, 0.29) is 23.6 Å². The highest BCUT2D eigenvalue weighted by Crippen LogP contribution is 2.21. The third kappa shape index (κ3) is 8.79. The third-order valence-corrected chi connectivity index (χ3v) is 6.68. The predicted molar refractivity (Wildman–Crippen MR) is 146 cm³/mol. The summed E-state index contributed by atoms with van der Waals surface area (Å²) in [6.45, 7) is 6.11. The SMILES string of the molecule is CC(C)NC(=O)CCN1CCCC1Cn1nc(Cc2ccc(Cl)cc2)c2ccccc2c1=O.O=C(O)C(F)(F)F. The third-order valence-electron chi connectivity index (χ3n) is 6.43. The molecule has 216 valence electrons. The van der Waals surface area contributed by atoms with Gasteiger partial charge in [-0.1, -0.05) is 41.9 Å². The molecule has 40 heavy (non-hydrogen) atoms. The molecule has 0 radical (unpaired) electrons. The molecule has 4 rings (SSSR count). The van der Waals surface area contributed by atoms with Gasteiger partial charge in [0.05, 0.1) is 17.6 Å². The van der Waals surface area contributed by atoms with Crippen molar-refractivity contribution in [1.29, 1.82) is 0 Å². The second-order valence-electron chi connectivity index (χ2n) is 9.89. The zero-order valence-corrected chi connectivity index (χ0v) is 23.0. The van der Waals surface area contributed by atoms with Crippen LogP contribution in [-0.4, -0.2) is 63.0 Å². The van der Waals surface area contributed by atoms with Gasteiger partial charge in [-0.25, -0.2) is 9.48 Å². The summed E-state index contributed by atoms with van der Waals surface area (Å²) in [4.78, 5) is 36.6. The van der Waals surface area contributed by atoms with Crippen LogP contribution < -0.4 is 10.9 Å². The van der Waals surface area contributed by atoms with Crippen LogP contribution >= 0.6 is 11.6 Å². The Labute approximate surface area is 234 Å². The fraction of sp³-hybridized carbons (Fsp3) is 0.429. The molecule has 0 aliphatic carbocycles. The van der Waals surface area contributed by atoms with Crippen molar-refractivity contribution in [2.75, 3.05) is 13.1 Å². The topological polar surface area (TPSA) is 105 Å². The number of halogens is 4. The van der Waals surface area contributed by atoms with Crippen molar-refractivity contribution >= 4 is 34.2 Å². The number of hydrogen-bond donors (Lipinski definition) is 2. The predicted octanol–water partition coefficient (Wildman–Crippen LogP) is 4.65. The van der Waals surface area contributed by atoms with Gasteiger partial charge >= 0.3 is 12.1 Å². The summed E-state index contributed by atoms with van der Waals surface area (Å²) < 4.78 is 33.4. The zero-order chi connectivity index (χ0) is 29.4. The number of fused-ring (bicyclic) bond motifs is 1. The highest BCUT2D eigenvalue weighted by atomic mass is 35.5. The number of nitrogens with one attached hydrogen (secondary N) is 1. The highest BCUT2D eigenvalue weighted by molar-refractivity contribution is 6.30. The largest absolute Gasteiger partial charge is 0.490 e. The molecule has 1 fully saturated rings. The zero-order valence-electron chi connectivity index (χ0n) is 22.2. The van der Waals surface area contributed by atoms with E-state index in [1.165, 1.54) is 0 Å². The Morgan fingerprint density at radius 3 is 2.35 bits per heavy atom. The number of likely N-dealkylation sites (tertiary alicyclic amines) is 1. The second kappa shape index (κ2) is 13.8. The molecule has 8 nitrogen and oxygen atoms in total. The number of hydrogen-bond acceptors (Lipinski definition) is 5. The summed E-state index contributed by atoms with van der Waals surface area (Å²) in [6.07, 6.45) is -1.92. The Morgan fingerprint density at radius 1 is 1.12 bits per heavy atom. The minimum atomic E-state index is -5.08. The van der Waals surface area contributed by atoms with Crippen LogP contribution in [-0.2, 0) is 22.6 Å². The van der Waals surface area contributed by atoms with Crippen molar-refractivity contribution in [1.82, 2.24) is 20.0 Å². The number of carbonyl (C=O) groups excluding carboxylic acids is 1. The lowest BCUT2D eigenvalue weighted by molar-refractivity contribution is -0.192. The van der Waals surface area contributed by atoms with Crippen LogP contribution in [0.5, 0.6) is 0 Å². The number of aliphatic carboxylic acids is 1. The maximum Gasteiger partial charge on any atom is 0.490 e. The van der Waals surface area contributed by atoms with Crippen LogP contribution in [0.3, 0.4) is 0 Å². The standard InChI is InChI=1S/C26H31ClN4O2.C2HF3O2/c1-18(2)28-25(32)13-15-30-14-5-6-21(30)17-31-26(33)23-8-4-3-7-22(23)24(29-31)16-19-9-11-20(27)12-10-19;3-2(4,5)1(6)7/h3-4,7-12,18,21H,5-6,13-17H2,1-2H3,(H,28,32);(H,6,7). The Morgan fingerprint density at radius 2 is 1.75 bits per heavy atom. The summed E-state index contributed by atoms with van der Waals surface area (Å²) in [7, 11) is 0. The van der Waals surface area contributed by atoms with E-state index in [4.69, 9.17) is 26.6 Å². The first-order valence-electron chi connectivity index (χ1n) is 12.9. The summed E-state index contributed by atoms with van der Waals surface area (Å²) in [5.74, 6) is -2.69. The van der Waals surface area contributed by atoms with Gasteiger partial charge in [-0.3, -0.25) is 14.5 Å². The van der Waals surface area contributed by atoms with Crippen LogP contribution in [0.2, 0.25) is 5.02 Å². The number of nitrogens with zero attached hydrogens (tertiary/aromatic N) is 3. The summed E-state index contributed by atoms with van der Waals surface area (Å²) >= 11 is 6.04. The Bertz CT molecular complexity index is 1380. The first kappa shape index (κ1) is 31.1. The van der Waals surface area contributed by atoms with E-state index in [0.717, 1.165) is 36.0 Å². The van der Waals surface area contributed by atoms with Crippen molar-refractivity contribution in [3.63, 3.8) is 0 Å². The maximum atomic E-state index is 13.3. The average Bonchev–Trinajstić information content (AvgIpc) is 3.33. The van der Waals surface area contributed by atoms with Crippen LogP contribution in [0.4, 0.5) is 13.2 Å². The molecule has 2 heterocycles. The van der Waals surface area contributed by atoms with E-state index in [1.54, 1.807) is 4.68 Å². The number of aromatic nitrogens is 2. The molecule has 0 spiro atoms. The monoisotopic (exact) mass is 580 g/mol. The molecule has 1 unspecified atom stereocenters. The summed E-state index contributed by atoms with van der Waals surface area (Å²) in [5, 5.41) is 17.2. The van der Waals surface area contributed by atoms with Gasteiger partial charge in [0, 0.05) is 41.9 Å². The molecule has 3 aromatic rings. The lowest BCUT2D eigenvalue weighted by Gasteiger charge is -2.25. The molecule has 0 saturated carbocycles. The number of benzene rings is 2. The van der Waals surface area contributed by atoms with E-state index in [1.807, 2.05) is 62.4 Å². The molecular formula is C28H32ClF3N4O4.